The van der Waals surface area contributed by atoms with Crippen molar-refractivity contribution in [3.8, 4) is 5.75 Å². The molecule has 2 nitrogen and oxygen atoms in total. The lowest BCUT2D eigenvalue weighted by Crippen LogP contribution is -1.95. The maximum absolute atomic E-state index is 10.8. The SMILES string of the molecule is Cc1c(O)ccc(C(=O)Cl)c1C. The Hall–Kier alpha value is -1.02. The zero-order chi connectivity index (χ0) is 9.30. The van der Waals surface area contributed by atoms with Gasteiger partial charge in [-0.05, 0) is 48.7 Å². The quantitative estimate of drug-likeness (QED) is 0.681. The summed E-state index contributed by atoms with van der Waals surface area (Å²) in [4.78, 5) is 10.8. The molecule has 64 valence electrons. The molecule has 0 aliphatic heterocycles. The summed E-state index contributed by atoms with van der Waals surface area (Å²) < 4.78 is 0. The predicted octanol–water partition coefficient (Wildman–Crippen LogP) is 2.39. The van der Waals surface area contributed by atoms with Gasteiger partial charge in [0.2, 0.25) is 0 Å². The number of hydrogen-bond acceptors (Lipinski definition) is 2. The van der Waals surface area contributed by atoms with Crippen molar-refractivity contribution >= 4 is 16.8 Å². The molecule has 1 N–H and O–H groups in total. The minimum atomic E-state index is -0.490. The van der Waals surface area contributed by atoms with E-state index in [1.807, 2.05) is 0 Å². The first kappa shape index (κ1) is 9.07. The van der Waals surface area contributed by atoms with Crippen LogP contribution in [0.15, 0.2) is 12.1 Å². The zero-order valence-corrected chi connectivity index (χ0v) is 7.64. The molecular formula is C9H9ClO2. The van der Waals surface area contributed by atoms with E-state index in [0.717, 1.165) is 5.56 Å². The van der Waals surface area contributed by atoms with E-state index in [2.05, 4.69) is 0 Å². The normalized spacial score (nSPS) is 9.92. The number of carbonyl (C=O) groups excluding carboxylic acids is 1. The first-order valence-electron chi connectivity index (χ1n) is 3.53. The second-order valence-corrected chi connectivity index (χ2v) is 3.00. The van der Waals surface area contributed by atoms with Crippen LogP contribution in [0.25, 0.3) is 0 Å². The summed E-state index contributed by atoms with van der Waals surface area (Å²) >= 11 is 5.31. The molecule has 0 aliphatic carbocycles. The van der Waals surface area contributed by atoms with E-state index < -0.39 is 5.24 Å². The standard InChI is InChI=1S/C9H9ClO2/c1-5-6(2)8(11)4-3-7(5)9(10)12/h3-4,11H,1-2H3. The number of aromatic hydroxyl groups is 1. The molecule has 0 saturated heterocycles. The lowest BCUT2D eigenvalue weighted by Gasteiger charge is -2.05. The summed E-state index contributed by atoms with van der Waals surface area (Å²) in [5.74, 6) is 0.189. The molecular weight excluding hydrogens is 176 g/mol. The molecule has 3 heteroatoms. The Morgan fingerprint density at radius 2 is 1.92 bits per heavy atom. The summed E-state index contributed by atoms with van der Waals surface area (Å²) in [6.07, 6.45) is 0. The van der Waals surface area contributed by atoms with Crippen LogP contribution in [0.1, 0.15) is 21.5 Å². The van der Waals surface area contributed by atoms with Crippen molar-refractivity contribution in [1.29, 1.82) is 0 Å². The number of hydrogen-bond donors (Lipinski definition) is 1. The maximum atomic E-state index is 10.8. The molecule has 0 fully saturated rings. The minimum Gasteiger partial charge on any atom is -0.508 e. The number of phenols is 1. The van der Waals surface area contributed by atoms with E-state index in [4.69, 9.17) is 11.6 Å². The van der Waals surface area contributed by atoms with Crippen LogP contribution < -0.4 is 0 Å². The van der Waals surface area contributed by atoms with Crippen LogP contribution in [-0.2, 0) is 0 Å². The second-order valence-electron chi connectivity index (χ2n) is 2.66. The Bertz CT molecular complexity index is 332. The third-order valence-corrected chi connectivity index (χ3v) is 2.17. The first-order valence-corrected chi connectivity index (χ1v) is 3.91. The Kier molecular flexibility index (Phi) is 2.38. The van der Waals surface area contributed by atoms with E-state index in [-0.39, 0.29) is 5.75 Å². The molecule has 12 heavy (non-hydrogen) atoms. The number of benzene rings is 1. The molecule has 0 aliphatic rings. The molecule has 0 saturated carbocycles. The van der Waals surface area contributed by atoms with Gasteiger partial charge in [-0.25, -0.2) is 0 Å². The molecule has 0 unspecified atom stereocenters. The second kappa shape index (κ2) is 3.15. The van der Waals surface area contributed by atoms with Gasteiger partial charge in [-0.2, -0.15) is 0 Å². The van der Waals surface area contributed by atoms with Crippen molar-refractivity contribution in [3.05, 3.63) is 28.8 Å². The Balaban J connectivity index is 3.36. The highest BCUT2D eigenvalue weighted by Crippen LogP contribution is 2.23. The van der Waals surface area contributed by atoms with Gasteiger partial charge in [-0.3, -0.25) is 4.79 Å². The van der Waals surface area contributed by atoms with E-state index in [9.17, 15) is 9.90 Å². The summed E-state index contributed by atoms with van der Waals surface area (Å²) in [6, 6.07) is 2.99. The highest BCUT2D eigenvalue weighted by Gasteiger charge is 2.09. The zero-order valence-electron chi connectivity index (χ0n) is 6.89. The predicted molar refractivity (Wildman–Crippen MR) is 47.8 cm³/mol. The van der Waals surface area contributed by atoms with Gasteiger partial charge < -0.3 is 5.11 Å². The topological polar surface area (TPSA) is 37.3 Å². The van der Waals surface area contributed by atoms with Crippen molar-refractivity contribution in [2.45, 2.75) is 13.8 Å². The Morgan fingerprint density at radius 3 is 2.42 bits per heavy atom. The first-order chi connectivity index (χ1) is 5.54. The molecule has 0 bridgehead atoms. The molecule has 1 rings (SSSR count). The monoisotopic (exact) mass is 184 g/mol. The van der Waals surface area contributed by atoms with Gasteiger partial charge in [0.25, 0.3) is 5.24 Å². The number of halogens is 1. The van der Waals surface area contributed by atoms with Crippen molar-refractivity contribution in [3.63, 3.8) is 0 Å². The fourth-order valence-electron chi connectivity index (χ4n) is 1.02. The van der Waals surface area contributed by atoms with Crippen molar-refractivity contribution < 1.29 is 9.90 Å². The fourth-order valence-corrected chi connectivity index (χ4v) is 1.22. The summed E-state index contributed by atoms with van der Waals surface area (Å²) in [6.45, 7) is 3.50. The minimum absolute atomic E-state index is 0.189. The van der Waals surface area contributed by atoms with E-state index in [1.54, 1.807) is 13.8 Å². The van der Waals surface area contributed by atoms with E-state index >= 15 is 0 Å². The lowest BCUT2D eigenvalue weighted by atomic mass is 10.0. The maximum Gasteiger partial charge on any atom is 0.252 e. The van der Waals surface area contributed by atoms with Crippen LogP contribution in [0.4, 0.5) is 0 Å². The fraction of sp³-hybridized carbons (Fsp3) is 0.222. The average Bonchev–Trinajstić information content (AvgIpc) is 2.00. The largest absolute Gasteiger partial charge is 0.508 e. The number of carbonyl (C=O) groups is 1. The highest BCUT2D eigenvalue weighted by atomic mass is 35.5. The third kappa shape index (κ3) is 1.43. The number of rotatable bonds is 1. The molecule has 0 atom stereocenters. The van der Waals surface area contributed by atoms with Crippen LogP contribution in [0.5, 0.6) is 5.75 Å². The smallest absolute Gasteiger partial charge is 0.252 e. The lowest BCUT2D eigenvalue weighted by molar-refractivity contribution is 0.108. The molecule has 1 aromatic rings. The molecule has 0 spiro atoms. The molecule has 1 aromatic carbocycles. The molecule has 0 aromatic heterocycles. The molecule has 0 heterocycles. The Labute approximate surface area is 75.8 Å². The summed E-state index contributed by atoms with van der Waals surface area (Å²) in [5.41, 5.74) is 1.88. The average molecular weight is 185 g/mol. The highest BCUT2D eigenvalue weighted by molar-refractivity contribution is 6.67. The van der Waals surface area contributed by atoms with Gasteiger partial charge in [-0.15, -0.1) is 0 Å². The third-order valence-electron chi connectivity index (χ3n) is 1.97. The molecule has 0 radical (unpaired) electrons. The van der Waals surface area contributed by atoms with Gasteiger partial charge in [0.15, 0.2) is 0 Å². The van der Waals surface area contributed by atoms with Crippen molar-refractivity contribution in [2.75, 3.05) is 0 Å². The Morgan fingerprint density at radius 1 is 1.33 bits per heavy atom. The van der Waals surface area contributed by atoms with Gasteiger partial charge >= 0.3 is 0 Å². The number of phenolic OH excluding ortho intramolecular Hbond substituents is 1. The van der Waals surface area contributed by atoms with E-state index in [1.165, 1.54) is 12.1 Å². The van der Waals surface area contributed by atoms with Crippen molar-refractivity contribution in [2.24, 2.45) is 0 Å². The van der Waals surface area contributed by atoms with Crippen LogP contribution in [0.2, 0.25) is 0 Å². The van der Waals surface area contributed by atoms with Crippen molar-refractivity contribution in [1.82, 2.24) is 0 Å². The van der Waals surface area contributed by atoms with Gasteiger partial charge in [0, 0.05) is 5.56 Å². The summed E-state index contributed by atoms with van der Waals surface area (Å²) in [7, 11) is 0. The van der Waals surface area contributed by atoms with E-state index in [0.29, 0.717) is 11.1 Å². The van der Waals surface area contributed by atoms with Gasteiger partial charge in [-0.1, -0.05) is 0 Å². The summed E-state index contributed by atoms with van der Waals surface area (Å²) in [5, 5.41) is 8.76. The van der Waals surface area contributed by atoms with Gasteiger partial charge in [0.1, 0.15) is 5.75 Å². The van der Waals surface area contributed by atoms with Crippen LogP contribution in [0.3, 0.4) is 0 Å². The van der Waals surface area contributed by atoms with Gasteiger partial charge in [0.05, 0.1) is 0 Å². The van der Waals surface area contributed by atoms with Crippen LogP contribution in [-0.4, -0.2) is 10.3 Å². The molecule has 0 amide bonds. The van der Waals surface area contributed by atoms with Crippen LogP contribution in [0, 0.1) is 13.8 Å². The van der Waals surface area contributed by atoms with Crippen LogP contribution >= 0.6 is 11.6 Å².